The number of carbonyl (C=O) groups excluding carboxylic acids is 1. The topological polar surface area (TPSA) is 94.6 Å². The molecule has 0 amide bonds. The van der Waals surface area contributed by atoms with Crippen LogP contribution < -0.4 is 19.9 Å². The number of nitrogens with two attached hydrogens (primary N) is 1. The lowest BCUT2D eigenvalue weighted by atomic mass is 9.83. The molecule has 1 unspecified atom stereocenters. The third kappa shape index (κ3) is 5.36. The van der Waals surface area contributed by atoms with E-state index in [1.165, 1.54) is 0 Å². The van der Waals surface area contributed by atoms with E-state index in [2.05, 4.69) is 6.07 Å². The van der Waals surface area contributed by atoms with E-state index < -0.39 is 11.9 Å². The number of rotatable bonds is 6. The van der Waals surface area contributed by atoms with Gasteiger partial charge in [-0.1, -0.05) is 83.9 Å². The summed E-state index contributed by atoms with van der Waals surface area (Å²) in [5.41, 5.74) is 9.26. The summed E-state index contributed by atoms with van der Waals surface area (Å²) in [5.74, 6) is 0.339. The number of ether oxygens (including phenoxy) is 3. The van der Waals surface area contributed by atoms with Crippen LogP contribution in [-0.2, 0) is 6.61 Å². The zero-order valence-electron chi connectivity index (χ0n) is 22.0. The number of esters is 1. The van der Waals surface area contributed by atoms with Gasteiger partial charge in [-0.25, -0.2) is 4.79 Å². The van der Waals surface area contributed by atoms with Gasteiger partial charge in [-0.15, -0.1) is 0 Å². The van der Waals surface area contributed by atoms with Gasteiger partial charge in [-0.05, 0) is 52.7 Å². The summed E-state index contributed by atoms with van der Waals surface area (Å²) < 4.78 is 17.4. The number of hydrogen-bond donors (Lipinski definition) is 1. The second-order valence-corrected chi connectivity index (χ2v) is 10.5. The van der Waals surface area contributed by atoms with E-state index in [-0.39, 0.29) is 18.1 Å². The van der Waals surface area contributed by atoms with Crippen LogP contribution in [0.25, 0.3) is 10.8 Å². The third-order valence-electron chi connectivity index (χ3n) is 7.03. The summed E-state index contributed by atoms with van der Waals surface area (Å²) in [5, 5.41) is 12.8. The van der Waals surface area contributed by atoms with E-state index in [0.29, 0.717) is 38.4 Å². The van der Waals surface area contributed by atoms with Crippen molar-refractivity contribution in [2.45, 2.75) is 12.5 Å². The van der Waals surface area contributed by atoms with Crippen molar-refractivity contribution in [1.29, 1.82) is 5.26 Å². The quantitative estimate of drug-likeness (QED) is 0.158. The zero-order chi connectivity index (χ0) is 29.2. The lowest BCUT2D eigenvalue weighted by Crippen LogP contribution is -2.21. The highest BCUT2D eigenvalue weighted by molar-refractivity contribution is 6.35. The van der Waals surface area contributed by atoms with Crippen LogP contribution >= 0.6 is 23.2 Å². The molecule has 0 saturated carbocycles. The van der Waals surface area contributed by atoms with Crippen LogP contribution in [0.1, 0.15) is 33.0 Å². The van der Waals surface area contributed by atoms with Crippen molar-refractivity contribution in [3.8, 4) is 23.3 Å². The fraction of sp³-hybridized carbons (Fsp3) is 0.0588. The molecule has 1 aliphatic heterocycles. The summed E-state index contributed by atoms with van der Waals surface area (Å²) in [4.78, 5) is 13.1. The van der Waals surface area contributed by atoms with Crippen LogP contribution in [0.2, 0.25) is 10.0 Å². The largest absolute Gasteiger partial charge is 0.489 e. The van der Waals surface area contributed by atoms with E-state index >= 15 is 0 Å². The maximum Gasteiger partial charge on any atom is 0.344 e. The summed E-state index contributed by atoms with van der Waals surface area (Å²) in [6.07, 6.45) is 0. The SMILES string of the molecule is N#CC1=C(N)Oc2cc(OC(=O)c3cccc4ccccc34)ccc2C1c1ccc(OCc2ccc(Cl)cc2Cl)cc1. The summed E-state index contributed by atoms with van der Waals surface area (Å²) >= 11 is 12.2. The summed E-state index contributed by atoms with van der Waals surface area (Å²) in [6, 6.07) is 33.0. The molecular weight excluding hydrogens is 571 g/mol. The van der Waals surface area contributed by atoms with Crippen LogP contribution in [0.15, 0.2) is 115 Å². The molecule has 8 heteroatoms. The number of halogens is 2. The summed E-state index contributed by atoms with van der Waals surface area (Å²) in [7, 11) is 0. The van der Waals surface area contributed by atoms with Gasteiger partial charge in [0.2, 0.25) is 5.88 Å². The molecule has 1 atom stereocenters. The highest BCUT2D eigenvalue weighted by Gasteiger charge is 2.31. The molecule has 0 fully saturated rings. The Kier molecular flexibility index (Phi) is 7.45. The minimum atomic E-state index is -0.490. The van der Waals surface area contributed by atoms with Crippen LogP contribution in [0, 0.1) is 11.3 Å². The van der Waals surface area contributed by atoms with E-state index in [1.54, 1.807) is 36.4 Å². The van der Waals surface area contributed by atoms with Gasteiger partial charge >= 0.3 is 5.97 Å². The van der Waals surface area contributed by atoms with Crippen molar-refractivity contribution in [2.24, 2.45) is 5.73 Å². The van der Waals surface area contributed by atoms with Crippen LogP contribution in [0.5, 0.6) is 17.2 Å². The molecule has 1 heterocycles. The molecule has 0 bridgehead atoms. The molecule has 0 spiro atoms. The third-order valence-corrected chi connectivity index (χ3v) is 7.62. The average Bonchev–Trinajstić information content (AvgIpc) is 3.00. The van der Waals surface area contributed by atoms with Gasteiger partial charge in [0.15, 0.2) is 0 Å². The van der Waals surface area contributed by atoms with Crippen molar-refractivity contribution in [3.63, 3.8) is 0 Å². The number of nitrogens with zero attached hydrogens (tertiary/aromatic N) is 1. The normalized spacial score (nSPS) is 14.1. The maximum absolute atomic E-state index is 13.1. The first-order valence-electron chi connectivity index (χ1n) is 13.0. The first-order chi connectivity index (χ1) is 20.4. The van der Waals surface area contributed by atoms with Crippen molar-refractivity contribution in [2.75, 3.05) is 0 Å². The molecule has 6 rings (SSSR count). The first kappa shape index (κ1) is 27.2. The molecule has 42 heavy (non-hydrogen) atoms. The Labute approximate surface area is 252 Å². The Hall–Kier alpha value is -4.96. The van der Waals surface area contributed by atoms with Crippen molar-refractivity contribution in [3.05, 3.63) is 147 Å². The average molecular weight is 593 g/mol. The molecule has 6 nitrogen and oxygen atoms in total. The Morgan fingerprint density at radius 3 is 2.45 bits per heavy atom. The van der Waals surface area contributed by atoms with Gasteiger partial charge < -0.3 is 19.9 Å². The Morgan fingerprint density at radius 2 is 1.67 bits per heavy atom. The molecule has 0 saturated heterocycles. The monoisotopic (exact) mass is 592 g/mol. The van der Waals surface area contributed by atoms with E-state index in [1.807, 2.05) is 66.7 Å². The van der Waals surface area contributed by atoms with Crippen LogP contribution in [-0.4, -0.2) is 5.97 Å². The molecule has 1 aliphatic rings. The van der Waals surface area contributed by atoms with E-state index in [4.69, 9.17) is 43.1 Å². The zero-order valence-corrected chi connectivity index (χ0v) is 23.5. The fourth-order valence-corrected chi connectivity index (χ4v) is 5.43. The molecule has 0 radical (unpaired) electrons. The van der Waals surface area contributed by atoms with Crippen molar-refractivity contribution >= 4 is 39.9 Å². The van der Waals surface area contributed by atoms with Crippen LogP contribution in [0.4, 0.5) is 0 Å². The van der Waals surface area contributed by atoms with Crippen molar-refractivity contribution in [1.82, 2.24) is 0 Å². The van der Waals surface area contributed by atoms with Gasteiger partial charge in [0, 0.05) is 27.2 Å². The minimum absolute atomic E-state index is 0.00904. The second kappa shape index (κ2) is 11.5. The lowest BCUT2D eigenvalue weighted by molar-refractivity contribution is 0.0736. The van der Waals surface area contributed by atoms with Crippen LogP contribution in [0.3, 0.4) is 0 Å². The molecule has 206 valence electrons. The Morgan fingerprint density at radius 1 is 0.905 bits per heavy atom. The number of fused-ring (bicyclic) bond motifs is 2. The molecule has 0 aromatic heterocycles. The van der Waals surface area contributed by atoms with E-state index in [9.17, 15) is 10.1 Å². The fourth-order valence-electron chi connectivity index (χ4n) is 4.96. The van der Waals surface area contributed by atoms with Gasteiger partial charge in [-0.3, -0.25) is 0 Å². The molecular formula is C34H22Cl2N2O4. The second-order valence-electron chi connectivity index (χ2n) is 9.63. The molecule has 0 aliphatic carbocycles. The molecule has 5 aromatic carbocycles. The van der Waals surface area contributed by atoms with E-state index in [0.717, 1.165) is 21.9 Å². The maximum atomic E-state index is 13.1. The lowest BCUT2D eigenvalue weighted by Gasteiger charge is -2.27. The predicted molar refractivity (Wildman–Crippen MR) is 162 cm³/mol. The number of allylic oxidation sites excluding steroid dienone is 1. The van der Waals surface area contributed by atoms with Gasteiger partial charge in [-0.2, -0.15) is 5.26 Å². The van der Waals surface area contributed by atoms with Gasteiger partial charge in [0.25, 0.3) is 0 Å². The van der Waals surface area contributed by atoms with Gasteiger partial charge in [0.1, 0.15) is 35.5 Å². The standard InChI is InChI=1S/C34H22Cl2N2O4/c35-23-11-8-22(30(36)16-23)19-40-24-12-9-21(10-13-24)32-28-15-14-25(17-31(28)42-33(38)29(32)18-37)41-34(39)27-7-3-5-20-4-1-2-6-26(20)27/h1-17,32H,19,38H2. The highest BCUT2D eigenvalue weighted by Crippen LogP contribution is 2.44. The highest BCUT2D eigenvalue weighted by atomic mass is 35.5. The van der Waals surface area contributed by atoms with Gasteiger partial charge in [0.05, 0.1) is 11.5 Å². The number of hydrogen-bond acceptors (Lipinski definition) is 6. The molecule has 5 aromatic rings. The number of nitriles is 1. The first-order valence-corrected chi connectivity index (χ1v) is 13.7. The number of carbonyl (C=O) groups is 1. The number of benzene rings is 5. The molecule has 2 N–H and O–H groups in total. The smallest absolute Gasteiger partial charge is 0.344 e. The Balaban J connectivity index is 1.24. The predicted octanol–water partition coefficient (Wildman–Crippen LogP) is 8.16. The van der Waals surface area contributed by atoms with Crippen molar-refractivity contribution < 1.29 is 19.0 Å². The summed E-state index contributed by atoms with van der Waals surface area (Å²) in [6.45, 7) is 0.270. The Bertz CT molecular complexity index is 1910. The minimum Gasteiger partial charge on any atom is -0.489 e.